The Hall–Kier alpha value is -0.288. The summed E-state index contributed by atoms with van der Waals surface area (Å²) in [6.07, 6.45) is 2.73. The largest absolute Gasteiger partial charge is 0.501 e. The van der Waals surface area contributed by atoms with Gasteiger partial charge in [0.25, 0.3) is 0 Å². The fraction of sp³-hybridized carbons (Fsp3) is 0.500. The molecule has 1 aliphatic rings. The summed E-state index contributed by atoms with van der Waals surface area (Å²) in [4.78, 5) is 0. The van der Waals surface area contributed by atoms with Crippen LogP contribution in [0.3, 0.4) is 0 Å². The SMILES string of the molecule is Cc1ccccc1.[CH3][Al]1[CH2]CCC[O]1. The smallest absolute Gasteiger partial charge is 0.457 e. The van der Waals surface area contributed by atoms with Gasteiger partial charge in [-0.25, -0.2) is 0 Å². The summed E-state index contributed by atoms with van der Waals surface area (Å²) in [7, 11) is 0. The second-order valence-corrected chi connectivity index (χ2v) is 6.36. The minimum absolute atomic E-state index is 0.595. The van der Waals surface area contributed by atoms with Gasteiger partial charge in [-0.3, -0.25) is 0 Å². The highest BCUT2D eigenvalue weighted by atomic mass is 27.2. The molecule has 1 saturated heterocycles. The first kappa shape index (κ1) is 11.8. The fourth-order valence-corrected chi connectivity index (χ4v) is 3.04. The van der Waals surface area contributed by atoms with E-state index in [4.69, 9.17) is 3.79 Å². The lowest BCUT2D eigenvalue weighted by atomic mass is 10.2. The number of hydrogen-bond donors (Lipinski definition) is 0. The molecule has 0 radical (unpaired) electrons. The molecule has 0 spiro atoms. The average molecular weight is 206 g/mol. The summed E-state index contributed by atoms with van der Waals surface area (Å²) in [5, 5.41) is 1.40. The highest BCUT2D eigenvalue weighted by molar-refractivity contribution is 6.50. The van der Waals surface area contributed by atoms with Crippen molar-refractivity contribution in [3.05, 3.63) is 35.9 Å². The first-order chi connectivity index (χ1) is 6.79. The van der Waals surface area contributed by atoms with Crippen LogP contribution < -0.4 is 0 Å². The highest BCUT2D eigenvalue weighted by Crippen LogP contribution is 2.09. The van der Waals surface area contributed by atoms with E-state index in [0.29, 0.717) is 0 Å². The molecule has 0 unspecified atom stereocenters. The Bertz CT molecular complexity index is 229. The predicted molar refractivity (Wildman–Crippen MR) is 62.8 cm³/mol. The number of aryl methyl sites for hydroxylation is 1. The van der Waals surface area contributed by atoms with Gasteiger partial charge >= 0.3 is 14.5 Å². The molecule has 1 aromatic rings. The van der Waals surface area contributed by atoms with Gasteiger partial charge in [0.1, 0.15) is 0 Å². The molecule has 1 nitrogen and oxygen atoms in total. The molecule has 0 aliphatic carbocycles. The van der Waals surface area contributed by atoms with Crippen molar-refractivity contribution in [2.45, 2.75) is 30.8 Å². The van der Waals surface area contributed by atoms with Crippen molar-refractivity contribution in [3.8, 4) is 0 Å². The third-order valence-electron chi connectivity index (χ3n) is 2.35. The maximum Gasteiger partial charge on any atom is 0.457 e. The van der Waals surface area contributed by atoms with Crippen molar-refractivity contribution in [3.63, 3.8) is 0 Å². The molecule has 0 bridgehead atoms. The van der Waals surface area contributed by atoms with Gasteiger partial charge in [0.2, 0.25) is 0 Å². The van der Waals surface area contributed by atoms with E-state index >= 15 is 0 Å². The predicted octanol–water partition coefficient (Wildman–Crippen LogP) is 3.41. The minimum atomic E-state index is -0.595. The second kappa shape index (κ2) is 7.06. The zero-order chi connectivity index (χ0) is 10.2. The highest BCUT2D eigenvalue weighted by Gasteiger charge is 2.15. The van der Waals surface area contributed by atoms with Crippen LogP contribution in [0, 0.1) is 6.92 Å². The van der Waals surface area contributed by atoms with Gasteiger partial charge in [-0.1, -0.05) is 53.4 Å². The summed E-state index contributed by atoms with van der Waals surface area (Å²) in [6.45, 7) is 3.13. The molecule has 76 valence electrons. The number of rotatable bonds is 0. The van der Waals surface area contributed by atoms with E-state index < -0.39 is 14.5 Å². The monoisotopic (exact) mass is 206 g/mol. The van der Waals surface area contributed by atoms with Crippen LogP contribution in [0.25, 0.3) is 0 Å². The van der Waals surface area contributed by atoms with Crippen molar-refractivity contribution in [2.24, 2.45) is 0 Å². The van der Waals surface area contributed by atoms with E-state index in [-0.39, 0.29) is 0 Å². The molecule has 0 aromatic heterocycles. The second-order valence-electron chi connectivity index (χ2n) is 3.83. The summed E-state index contributed by atoms with van der Waals surface area (Å²) >= 11 is -0.595. The molecule has 2 heteroatoms. The van der Waals surface area contributed by atoms with Crippen LogP contribution in [-0.2, 0) is 3.79 Å². The lowest BCUT2D eigenvalue weighted by Gasteiger charge is -2.13. The van der Waals surface area contributed by atoms with E-state index in [2.05, 4.69) is 24.8 Å². The maximum absolute atomic E-state index is 5.42. The first-order valence-electron chi connectivity index (χ1n) is 5.42. The molecular formula is C12H19AlO. The Morgan fingerprint density at radius 3 is 2.14 bits per heavy atom. The molecule has 0 atom stereocenters. The van der Waals surface area contributed by atoms with Gasteiger partial charge in [0.15, 0.2) is 0 Å². The molecule has 0 saturated carbocycles. The summed E-state index contributed by atoms with van der Waals surface area (Å²) < 4.78 is 5.42. The Balaban J connectivity index is 0.000000140. The van der Waals surface area contributed by atoms with E-state index in [1.165, 1.54) is 23.7 Å². The molecule has 0 N–H and O–H groups in total. The van der Waals surface area contributed by atoms with E-state index in [9.17, 15) is 0 Å². The normalized spacial score (nSPS) is 15.7. The maximum atomic E-state index is 5.42. The van der Waals surface area contributed by atoms with Crippen molar-refractivity contribution in [1.82, 2.24) is 0 Å². The molecule has 1 heterocycles. The Morgan fingerprint density at radius 2 is 1.86 bits per heavy atom. The summed E-state index contributed by atoms with van der Waals surface area (Å²) in [5.74, 6) is 2.28. The van der Waals surface area contributed by atoms with Gasteiger partial charge in [0.05, 0.1) is 0 Å². The van der Waals surface area contributed by atoms with Crippen molar-refractivity contribution in [1.29, 1.82) is 0 Å². The zero-order valence-electron chi connectivity index (χ0n) is 9.20. The number of benzene rings is 1. The minimum Gasteiger partial charge on any atom is -0.501 e. The summed E-state index contributed by atoms with van der Waals surface area (Å²) in [5.41, 5.74) is 1.32. The van der Waals surface area contributed by atoms with E-state index in [0.717, 1.165) is 6.61 Å². The van der Waals surface area contributed by atoms with E-state index in [1.54, 1.807) is 0 Å². The standard InChI is InChI=1S/C7H8.C4H8O.CH3.Al/c1-7-5-3-2-4-6-7;1-2-3-4-5;;/h2-6H,1H3;1-4H2;1H3;/q;-1;;+1. The van der Waals surface area contributed by atoms with Crippen molar-refractivity contribution >= 4 is 14.5 Å². The Labute approximate surface area is 91.8 Å². The lowest BCUT2D eigenvalue weighted by molar-refractivity contribution is 0.291. The molecule has 1 aromatic carbocycles. The van der Waals surface area contributed by atoms with Crippen LogP contribution in [0.1, 0.15) is 18.4 Å². The van der Waals surface area contributed by atoms with Crippen LogP contribution in [-0.4, -0.2) is 21.1 Å². The van der Waals surface area contributed by atoms with E-state index in [1.807, 2.05) is 18.2 Å². The molecule has 14 heavy (non-hydrogen) atoms. The topological polar surface area (TPSA) is 9.23 Å². The molecular weight excluding hydrogens is 187 g/mol. The molecule has 1 aliphatic heterocycles. The molecule has 2 rings (SSSR count). The van der Waals surface area contributed by atoms with Crippen LogP contribution in [0.2, 0.25) is 11.1 Å². The van der Waals surface area contributed by atoms with Gasteiger partial charge in [-0.05, 0) is 13.3 Å². The summed E-state index contributed by atoms with van der Waals surface area (Å²) in [6, 6.07) is 10.3. The van der Waals surface area contributed by atoms with Crippen LogP contribution in [0.15, 0.2) is 30.3 Å². The zero-order valence-corrected chi connectivity index (χ0v) is 10.4. The Morgan fingerprint density at radius 1 is 1.14 bits per heavy atom. The van der Waals surface area contributed by atoms with Gasteiger partial charge < -0.3 is 3.79 Å². The third-order valence-corrected chi connectivity index (χ3v) is 4.37. The van der Waals surface area contributed by atoms with Crippen LogP contribution in [0.5, 0.6) is 0 Å². The van der Waals surface area contributed by atoms with Gasteiger partial charge in [0, 0.05) is 6.61 Å². The van der Waals surface area contributed by atoms with Crippen molar-refractivity contribution in [2.75, 3.05) is 6.61 Å². The Kier molecular flexibility index (Phi) is 5.95. The third kappa shape index (κ3) is 5.44. The van der Waals surface area contributed by atoms with Gasteiger partial charge in [-0.15, -0.1) is 0 Å². The molecule has 1 fully saturated rings. The average Bonchev–Trinajstić information content (AvgIpc) is 2.21. The van der Waals surface area contributed by atoms with Gasteiger partial charge in [-0.2, -0.15) is 0 Å². The lowest BCUT2D eigenvalue weighted by Crippen LogP contribution is -2.18. The molecule has 0 amide bonds. The number of hydrogen-bond acceptors (Lipinski definition) is 1. The van der Waals surface area contributed by atoms with Crippen LogP contribution in [0.4, 0.5) is 0 Å². The fourth-order valence-electron chi connectivity index (χ4n) is 1.44. The quantitative estimate of drug-likeness (QED) is 0.591. The van der Waals surface area contributed by atoms with Crippen LogP contribution >= 0.6 is 0 Å². The first-order valence-corrected chi connectivity index (χ1v) is 7.86. The van der Waals surface area contributed by atoms with Crippen molar-refractivity contribution < 1.29 is 3.79 Å².